The second-order valence-electron chi connectivity index (χ2n) is 7.64. The number of rotatable bonds is 7. The number of aromatic nitrogens is 1. The van der Waals surface area contributed by atoms with Crippen LogP contribution in [0.25, 0.3) is 0 Å². The molecule has 2 atom stereocenters. The second-order valence-corrected chi connectivity index (χ2v) is 7.64. The number of ether oxygens (including phenoxy) is 2. The average Bonchev–Trinajstić information content (AvgIpc) is 3.37. The van der Waals surface area contributed by atoms with Crippen molar-refractivity contribution in [3.05, 3.63) is 48.2 Å². The zero-order chi connectivity index (χ0) is 19.5. The molecular weight excluding hydrogens is 354 g/mol. The smallest absolute Gasteiger partial charge is 0.217 e. The van der Waals surface area contributed by atoms with Crippen LogP contribution in [-0.4, -0.2) is 36.2 Å². The van der Waals surface area contributed by atoms with Crippen molar-refractivity contribution in [3.8, 4) is 11.5 Å². The quantitative estimate of drug-likeness (QED) is 0.796. The van der Waals surface area contributed by atoms with Gasteiger partial charge in [0.25, 0.3) is 0 Å². The largest absolute Gasteiger partial charge is 0.489 e. The van der Waals surface area contributed by atoms with Gasteiger partial charge in [-0.25, -0.2) is 4.98 Å². The van der Waals surface area contributed by atoms with Crippen molar-refractivity contribution in [2.75, 3.05) is 18.0 Å². The number of nitrogens with zero attached hydrogens (tertiary/aromatic N) is 2. The van der Waals surface area contributed by atoms with Crippen LogP contribution in [-0.2, 0) is 4.79 Å². The number of amides is 1. The average molecular weight is 381 g/mol. The Morgan fingerprint density at radius 2 is 1.79 bits per heavy atom. The summed E-state index contributed by atoms with van der Waals surface area (Å²) in [7, 11) is 0. The molecule has 28 heavy (non-hydrogen) atoms. The molecule has 0 unspecified atom stereocenters. The molecule has 1 saturated carbocycles. The molecule has 0 spiro atoms. The molecule has 6 heteroatoms. The Balaban J connectivity index is 1.30. The highest BCUT2D eigenvalue weighted by Gasteiger charge is 2.26. The lowest BCUT2D eigenvalue weighted by Gasteiger charge is -2.19. The van der Waals surface area contributed by atoms with Gasteiger partial charge in [0.15, 0.2) is 0 Å². The second kappa shape index (κ2) is 8.09. The lowest BCUT2D eigenvalue weighted by molar-refractivity contribution is -0.119. The molecule has 1 N–H and O–H groups in total. The van der Waals surface area contributed by atoms with Gasteiger partial charge in [-0.05, 0) is 49.6 Å². The van der Waals surface area contributed by atoms with Gasteiger partial charge >= 0.3 is 0 Å². The Morgan fingerprint density at radius 1 is 1.07 bits per heavy atom. The number of hydrogen-bond donors (Lipinski definition) is 1. The first-order valence-electron chi connectivity index (χ1n) is 9.98. The number of hydrogen-bond acceptors (Lipinski definition) is 5. The topological polar surface area (TPSA) is 63.7 Å². The van der Waals surface area contributed by atoms with Crippen LogP contribution in [0, 0.1) is 0 Å². The van der Waals surface area contributed by atoms with E-state index in [1.807, 2.05) is 49.5 Å². The standard InChI is InChI=1S/C22H27N3O3/c1-15(24-16(2)26)17-3-5-18(6-4-17)28-21-11-12-25(14-21)22-10-9-20(13-23-22)27-19-7-8-19/h3-6,9-10,13,15,19,21H,7-8,11-12,14H2,1-2H3,(H,24,26)/t15-,21+/m0/s1. The van der Waals surface area contributed by atoms with Gasteiger partial charge in [-0.3, -0.25) is 4.79 Å². The fourth-order valence-corrected chi connectivity index (χ4v) is 3.46. The lowest BCUT2D eigenvalue weighted by atomic mass is 10.1. The van der Waals surface area contributed by atoms with E-state index in [1.54, 1.807) is 0 Å². The molecule has 2 fully saturated rings. The van der Waals surface area contributed by atoms with Crippen LogP contribution in [0.1, 0.15) is 44.7 Å². The molecule has 1 saturated heterocycles. The number of pyridine rings is 1. The summed E-state index contributed by atoms with van der Waals surface area (Å²) in [6.07, 6.45) is 5.62. The summed E-state index contributed by atoms with van der Waals surface area (Å²) in [6.45, 7) is 5.25. The van der Waals surface area contributed by atoms with Crippen LogP contribution < -0.4 is 19.7 Å². The summed E-state index contributed by atoms with van der Waals surface area (Å²) >= 11 is 0. The van der Waals surface area contributed by atoms with E-state index in [1.165, 1.54) is 6.92 Å². The molecule has 2 aliphatic rings. The first kappa shape index (κ1) is 18.6. The zero-order valence-corrected chi connectivity index (χ0v) is 16.4. The number of carbonyl (C=O) groups excluding carboxylic acids is 1. The van der Waals surface area contributed by atoms with Gasteiger partial charge in [0.2, 0.25) is 5.91 Å². The molecule has 1 aliphatic heterocycles. The minimum atomic E-state index is -0.0281. The van der Waals surface area contributed by atoms with Crippen molar-refractivity contribution in [1.82, 2.24) is 10.3 Å². The summed E-state index contributed by atoms with van der Waals surface area (Å²) in [5.74, 6) is 2.65. The lowest BCUT2D eigenvalue weighted by Crippen LogP contribution is -2.25. The highest BCUT2D eigenvalue weighted by atomic mass is 16.5. The predicted octanol–water partition coefficient (Wildman–Crippen LogP) is 3.48. The first-order chi connectivity index (χ1) is 13.6. The van der Waals surface area contributed by atoms with Gasteiger partial charge < -0.3 is 19.7 Å². The molecule has 2 heterocycles. The molecule has 1 aromatic heterocycles. The Morgan fingerprint density at radius 3 is 2.43 bits per heavy atom. The normalized spacial score (nSPS) is 19.9. The van der Waals surface area contributed by atoms with Gasteiger partial charge in [-0.2, -0.15) is 0 Å². The van der Waals surface area contributed by atoms with Crippen molar-refractivity contribution in [3.63, 3.8) is 0 Å². The van der Waals surface area contributed by atoms with Gasteiger partial charge in [0.1, 0.15) is 23.4 Å². The maximum atomic E-state index is 11.2. The molecule has 0 bridgehead atoms. The van der Waals surface area contributed by atoms with Gasteiger partial charge in [0, 0.05) is 19.9 Å². The van der Waals surface area contributed by atoms with Gasteiger partial charge in [-0.15, -0.1) is 0 Å². The van der Waals surface area contributed by atoms with Crippen molar-refractivity contribution in [2.45, 2.75) is 51.4 Å². The van der Waals surface area contributed by atoms with E-state index in [0.29, 0.717) is 6.10 Å². The third kappa shape index (κ3) is 4.74. The van der Waals surface area contributed by atoms with E-state index < -0.39 is 0 Å². The van der Waals surface area contributed by atoms with Gasteiger partial charge in [-0.1, -0.05) is 12.1 Å². The molecule has 6 nitrogen and oxygen atoms in total. The number of benzene rings is 1. The fraction of sp³-hybridized carbons (Fsp3) is 0.455. The van der Waals surface area contributed by atoms with Crippen LogP contribution in [0.5, 0.6) is 11.5 Å². The monoisotopic (exact) mass is 381 g/mol. The van der Waals surface area contributed by atoms with Crippen LogP contribution >= 0.6 is 0 Å². The molecule has 1 aliphatic carbocycles. The Hall–Kier alpha value is -2.76. The van der Waals surface area contributed by atoms with Crippen LogP contribution in [0.15, 0.2) is 42.6 Å². The summed E-state index contributed by atoms with van der Waals surface area (Å²) in [4.78, 5) is 18.0. The summed E-state index contributed by atoms with van der Waals surface area (Å²) in [5.41, 5.74) is 1.06. The maximum absolute atomic E-state index is 11.2. The van der Waals surface area contributed by atoms with E-state index in [-0.39, 0.29) is 18.1 Å². The SMILES string of the molecule is CC(=O)N[C@@H](C)c1ccc(O[C@@H]2CCN(c3ccc(OC4CC4)cn3)C2)cc1. The minimum absolute atomic E-state index is 0.00791. The molecule has 4 rings (SSSR count). The van der Waals surface area contributed by atoms with Crippen molar-refractivity contribution < 1.29 is 14.3 Å². The minimum Gasteiger partial charge on any atom is -0.489 e. The Kier molecular flexibility index (Phi) is 5.37. The van der Waals surface area contributed by atoms with E-state index in [4.69, 9.17) is 9.47 Å². The van der Waals surface area contributed by atoms with E-state index in [2.05, 4.69) is 15.2 Å². The number of nitrogens with one attached hydrogen (secondary N) is 1. The Bertz CT molecular complexity index is 803. The van der Waals surface area contributed by atoms with Gasteiger partial charge in [0.05, 0.1) is 24.9 Å². The predicted molar refractivity (Wildman–Crippen MR) is 108 cm³/mol. The molecule has 1 amide bonds. The molecule has 1 aromatic carbocycles. The zero-order valence-electron chi connectivity index (χ0n) is 16.4. The molecule has 148 valence electrons. The number of carbonyl (C=O) groups is 1. The van der Waals surface area contributed by atoms with E-state index >= 15 is 0 Å². The first-order valence-corrected chi connectivity index (χ1v) is 9.98. The van der Waals surface area contributed by atoms with Crippen LogP contribution in [0.2, 0.25) is 0 Å². The van der Waals surface area contributed by atoms with Crippen LogP contribution in [0.3, 0.4) is 0 Å². The van der Waals surface area contributed by atoms with E-state index in [0.717, 1.165) is 55.2 Å². The molecule has 2 aromatic rings. The summed E-state index contributed by atoms with van der Waals surface area (Å²) in [6, 6.07) is 12.0. The number of anilines is 1. The molecule has 0 radical (unpaired) electrons. The van der Waals surface area contributed by atoms with Crippen molar-refractivity contribution in [1.29, 1.82) is 0 Å². The Labute approximate surface area is 165 Å². The maximum Gasteiger partial charge on any atom is 0.217 e. The third-order valence-electron chi connectivity index (χ3n) is 5.12. The van der Waals surface area contributed by atoms with Crippen molar-refractivity contribution in [2.24, 2.45) is 0 Å². The fourth-order valence-electron chi connectivity index (χ4n) is 3.46. The highest BCUT2D eigenvalue weighted by molar-refractivity contribution is 5.73. The summed E-state index contributed by atoms with van der Waals surface area (Å²) < 4.78 is 11.9. The van der Waals surface area contributed by atoms with Crippen molar-refractivity contribution >= 4 is 11.7 Å². The third-order valence-corrected chi connectivity index (χ3v) is 5.12. The summed E-state index contributed by atoms with van der Waals surface area (Å²) in [5, 5.41) is 2.89. The van der Waals surface area contributed by atoms with Crippen LogP contribution in [0.4, 0.5) is 5.82 Å². The highest BCUT2D eigenvalue weighted by Crippen LogP contribution is 2.28. The van der Waals surface area contributed by atoms with E-state index in [9.17, 15) is 4.79 Å². The molecular formula is C22H27N3O3.